The summed E-state index contributed by atoms with van der Waals surface area (Å²) in [4.78, 5) is 12.3. The van der Waals surface area contributed by atoms with Gasteiger partial charge in [-0.1, -0.05) is 44.7 Å². The molecule has 2 aliphatic rings. The van der Waals surface area contributed by atoms with E-state index in [1.54, 1.807) is 0 Å². The minimum absolute atomic E-state index is 0. The summed E-state index contributed by atoms with van der Waals surface area (Å²) in [5.41, 5.74) is 0.264. The Morgan fingerprint density at radius 1 is 1.10 bits per heavy atom. The molecule has 30 heavy (non-hydrogen) atoms. The average Bonchev–Trinajstić information content (AvgIpc) is 3.23. The molecule has 0 radical (unpaired) electrons. The maximum atomic E-state index is 5.35. The molecule has 3 rings (SSSR count). The van der Waals surface area contributed by atoms with Gasteiger partial charge in [-0.3, -0.25) is 9.89 Å². The van der Waals surface area contributed by atoms with E-state index in [1.165, 1.54) is 64.5 Å². The second-order valence-corrected chi connectivity index (χ2v) is 8.91. The minimum atomic E-state index is 0. The fraction of sp³-hybridized carbons (Fsp3) is 0.864. The fourth-order valence-corrected chi connectivity index (χ4v) is 4.61. The molecule has 1 saturated heterocycles. The van der Waals surface area contributed by atoms with E-state index in [-0.39, 0.29) is 29.5 Å². The number of aliphatic imine (C=N–C) groups is 1. The number of piperidine rings is 1. The third-order valence-corrected chi connectivity index (χ3v) is 6.32. The Morgan fingerprint density at radius 3 is 2.43 bits per heavy atom. The molecule has 2 N–H and O–H groups in total. The second-order valence-electron chi connectivity index (χ2n) is 8.91. The van der Waals surface area contributed by atoms with Gasteiger partial charge >= 0.3 is 0 Å². The topological polar surface area (TPSA) is 78.6 Å². The van der Waals surface area contributed by atoms with Crippen molar-refractivity contribution in [2.24, 2.45) is 4.99 Å². The number of aromatic nitrogens is 2. The SMILES string of the molecule is CCNC(=NCC1(N2CCCCC2)CCCCC1)NCCc1nc(C(C)C)no1.I. The van der Waals surface area contributed by atoms with Crippen LogP contribution in [0.4, 0.5) is 0 Å². The zero-order chi connectivity index (χ0) is 20.5. The average molecular weight is 533 g/mol. The maximum Gasteiger partial charge on any atom is 0.228 e. The van der Waals surface area contributed by atoms with Gasteiger partial charge in [-0.05, 0) is 45.7 Å². The van der Waals surface area contributed by atoms with Crippen LogP contribution in [-0.2, 0) is 6.42 Å². The summed E-state index contributed by atoms with van der Waals surface area (Å²) in [5, 5.41) is 10.9. The summed E-state index contributed by atoms with van der Waals surface area (Å²) in [7, 11) is 0. The molecule has 1 saturated carbocycles. The van der Waals surface area contributed by atoms with Crippen LogP contribution in [0.1, 0.15) is 89.8 Å². The van der Waals surface area contributed by atoms with Crippen molar-refractivity contribution in [2.45, 2.75) is 90.0 Å². The second kappa shape index (κ2) is 12.8. The third kappa shape index (κ3) is 7.07. The predicted molar refractivity (Wildman–Crippen MR) is 133 cm³/mol. The summed E-state index contributed by atoms with van der Waals surface area (Å²) in [5.74, 6) is 2.66. The van der Waals surface area contributed by atoms with Crippen LogP contribution in [0.2, 0.25) is 0 Å². The molecule has 0 amide bonds. The zero-order valence-electron chi connectivity index (χ0n) is 19.1. The largest absolute Gasteiger partial charge is 0.357 e. The van der Waals surface area contributed by atoms with Crippen LogP contribution in [0.25, 0.3) is 0 Å². The number of hydrogen-bond donors (Lipinski definition) is 2. The minimum Gasteiger partial charge on any atom is -0.357 e. The number of likely N-dealkylation sites (tertiary alicyclic amines) is 1. The van der Waals surface area contributed by atoms with E-state index < -0.39 is 0 Å². The third-order valence-electron chi connectivity index (χ3n) is 6.32. The van der Waals surface area contributed by atoms with Crippen LogP contribution in [0.15, 0.2) is 9.52 Å². The summed E-state index contributed by atoms with van der Waals surface area (Å²) in [6, 6.07) is 0. The molecule has 172 valence electrons. The quantitative estimate of drug-likeness (QED) is 0.298. The number of nitrogens with zero attached hydrogens (tertiary/aromatic N) is 4. The molecule has 1 aliphatic carbocycles. The molecule has 0 atom stereocenters. The van der Waals surface area contributed by atoms with Crippen molar-refractivity contribution in [3.05, 3.63) is 11.7 Å². The first-order valence-electron chi connectivity index (χ1n) is 11.7. The lowest BCUT2D eigenvalue weighted by molar-refractivity contribution is 0.0407. The van der Waals surface area contributed by atoms with Crippen LogP contribution < -0.4 is 10.6 Å². The highest BCUT2D eigenvalue weighted by molar-refractivity contribution is 14.0. The summed E-state index contributed by atoms with van der Waals surface area (Å²) in [6.07, 6.45) is 11.4. The van der Waals surface area contributed by atoms with Crippen molar-refractivity contribution < 1.29 is 4.52 Å². The molecule has 0 unspecified atom stereocenters. The molecule has 1 aromatic rings. The zero-order valence-corrected chi connectivity index (χ0v) is 21.4. The summed E-state index contributed by atoms with van der Waals surface area (Å²) in [6.45, 7) is 11.2. The van der Waals surface area contributed by atoms with Crippen molar-refractivity contribution in [2.75, 3.05) is 32.7 Å². The lowest BCUT2D eigenvalue weighted by Crippen LogP contribution is -2.54. The van der Waals surface area contributed by atoms with Crippen molar-refractivity contribution >= 4 is 29.9 Å². The lowest BCUT2D eigenvalue weighted by atomic mass is 9.79. The van der Waals surface area contributed by atoms with Gasteiger partial charge in [-0.2, -0.15) is 4.98 Å². The Labute approximate surface area is 199 Å². The molecule has 1 aromatic heterocycles. The molecule has 0 aromatic carbocycles. The van der Waals surface area contributed by atoms with Gasteiger partial charge in [0.15, 0.2) is 11.8 Å². The molecule has 0 spiro atoms. The van der Waals surface area contributed by atoms with E-state index in [9.17, 15) is 0 Å². The van der Waals surface area contributed by atoms with Crippen LogP contribution in [0.3, 0.4) is 0 Å². The first kappa shape index (κ1) is 25.4. The highest BCUT2D eigenvalue weighted by atomic mass is 127. The molecule has 0 bridgehead atoms. The standard InChI is InChI=1S/C22H40N6O.HI/c1-4-23-21(24-14-11-19-26-20(18(2)3)27-29-19)25-17-22(12-7-5-8-13-22)28-15-9-6-10-16-28;/h18H,4-17H2,1-3H3,(H2,23,24,25);1H. The van der Waals surface area contributed by atoms with Crippen molar-refractivity contribution in [1.82, 2.24) is 25.7 Å². The lowest BCUT2D eigenvalue weighted by Gasteiger charge is -2.47. The monoisotopic (exact) mass is 532 g/mol. The molecule has 1 aliphatic heterocycles. The Bertz CT molecular complexity index is 635. The number of nitrogens with one attached hydrogen (secondary N) is 2. The molecule has 2 heterocycles. The van der Waals surface area contributed by atoms with E-state index >= 15 is 0 Å². The maximum absolute atomic E-state index is 5.35. The normalized spacial score (nSPS) is 20.1. The molecule has 7 nitrogen and oxygen atoms in total. The highest BCUT2D eigenvalue weighted by Crippen LogP contribution is 2.35. The van der Waals surface area contributed by atoms with Gasteiger partial charge in [0, 0.05) is 31.0 Å². The van der Waals surface area contributed by atoms with Crippen molar-refractivity contribution in [3.63, 3.8) is 0 Å². The van der Waals surface area contributed by atoms with E-state index in [0.29, 0.717) is 18.2 Å². The molecule has 8 heteroatoms. The van der Waals surface area contributed by atoms with Crippen LogP contribution in [-0.4, -0.2) is 59.3 Å². The number of rotatable bonds is 8. The van der Waals surface area contributed by atoms with Crippen molar-refractivity contribution in [3.8, 4) is 0 Å². The van der Waals surface area contributed by atoms with E-state index in [0.717, 1.165) is 31.4 Å². The van der Waals surface area contributed by atoms with Gasteiger partial charge in [-0.25, -0.2) is 0 Å². The Morgan fingerprint density at radius 2 is 1.80 bits per heavy atom. The predicted octanol–water partition coefficient (Wildman–Crippen LogP) is 4.10. The fourth-order valence-electron chi connectivity index (χ4n) is 4.61. The van der Waals surface area contributed by atoms with Gasteiger partial charge in [0.2, 0.25) is 5.89 Å². The van der Waals surface area contributed by atoms with E-state index in [1.807, 2.05) is 0 Å². The van der Waals surface area contributed by atoms with Gasteiger partial charge in [-0.15, -0.1) is 24.0 Å². The van der Waals surface area contributed by atoms with Gasteiger partial charge in [0.1, 0.15) is 0 Å². The van der Waals surface area contributed by atoms with Crippen LogP contribution in [0, 0.1) is 0 Å². The molecular formula is C22H41IN6O. The molecular weight excluding hydrogens is 491 g/mol. The number of halogens is 1. The molecule has 2 fully saturated rings. The number of hydrogen-bond acceptors (Lipinski definition) is 5. The number of guanidine groups is 1. The van der Waals surface area contributed by atoms with Gasteiger partial charge < -0.3 is 15.2 Å². The first-order chi connectivity index (χ1) is 14.1. The Hall–Kier alpha value is -0.900. The van der Waals surface area contributed by atoms with Gasteiger partial charge in [0.25, 0.3) is 0 Å². The Balaban J connectivity index is 0.00000320. The van der Waals surface area contributed by atoms with Crippen molar-refractivity contribution in [1.29, 1.82) is 0 Å². The Kier molecular flexibility index (Phi) is 10.8. The first-order valence-corrected chi connectivity index (χ1v) is 11.7. The smallest absolute Gasteiger partial charge is 0.228 e. The van der Waals surface area contributed by atoms with E-state index in [2.05, 4.69) is 46.4 Å². The summed E-state index contributed by atoms with van der Waals surface area (Å²) >= 11 is 0. The van der Waals surface area contributed by atoms with Gasteiger partial charge in [0.05, 0.1) is 6.54 Å². The highest BCUT2D eigenvalue weighted by Gasteiger charge is 2.38. The summed E-state index contributed by atoms with van der Waals surface area (Å²) < 4.78 is 5.35. The van der Waals surface area contributed by atoms with E-state index in [4.69, 9.17) is 9.52 Å². The van der Waals surface area contributed by atoms with Crippen LogP contribution in [0.5, 0.6) is 0 Å². The van der Waals surface area contributed by atoms with Crippen LogP contribution >= 0.6 is 24.0 Å².